The third-order valence-electron chi connectivity index (χ3n) is 1.99. The van der Waals surface area contributed by atoms with Gasteiger partial charge in [0, 0.05) is 16.2 Å². The van der Waals surface area contributed by atoms with Crippen molar-refractivity contribution < 1.29 is 0 Å². The van der Waals surface area contributed by atoms with Crippen LogP contribution >= 0.6 is 23.1 Å². The molecule has 3 nitrogen and oxygen atoms in total. The Kier molecular flexibility index (Phi) is 5.36. The minimum Gasteiger partial charge on any atom is -0.272 e. The predicted molar refractivity (Wildman–Crippen MR) is 71.9 cm³/mol. The minimum atomic E-state index is 0.196. The number of amidine groups is 1. The number of thiophene rings is 1. The summed E-state index contributed by atoms with van der Waals surface area (Å²) in [6.07, 6.45) is 4.73. The maximum Gasteiger partial charge on any atom is 0.183 e. The zero-order valence-corrected chi connectivity index (χ0v) is 11.3. The quantitative estimate of drug-likeness (QED) is 0.390. The fourth-order valence-electron chi connectivity index (χ4n) is 1.32. The zero-order valence-electron chi connectivity index (χ0n) is 9.65. The van der Waals surface area contributed by atoms with Crippen LogP contribution in [-0.4, -0.2) is 17.5 Å². The van der Waals surface area contributed by atoms with Crippen LogP contribution in [0.2, 0.25) is 0 Å². The van der Waals surface area contributed by atoms with E-state index in [0.29, 0.717) is 5.17 Å². The third kappa shape index (κ3) is 4.25. The fraction of sp³-hybridized carbons (Fsp3) is 0.455. The lowest BCUT2D eigenvalue weighted by molar-refractivity contribution is 0.748. The van der Waals surface area contributed by atoms with E-state index in [0.717, 1.165) is 6.42 Å². The summed E-state index contributed by atoms with van der Waals surface area (Å²) in [5, 5.41) is 11.8. The van der Waals surface area contributed by atoms with Crippen LogP contribution in [0.5, 0.6) is 0 Å². The average Bonchev–Trinajstić information content (AvgIpc) is 2.63. The van der Waals surface area contributed by atoms with Crippen molar-refractivity contribution in [3.63, 3.8) is 0 Å². The SMILES string of the molecule is CSC(=NC(C)Cc1ccc(C)s1)NC#N. The number of hydrogen-bond donors (Lipinski definition) is 1. The van der Waals surface area contributed by atoms with Gasteiger partial charge in [-0.15, -0.1) is 11.3 Å². The largest absolute Gasteiger partial charge is 0.272 e. The molecular weight excluding hydrogens is 238 g/mol. The molecule has 5 heteroatoms. The molecule has 0 saturated carbocycles. The van der Waals surface area contributed by atoms with Crippen molar-refractivity contribution in [1.29, 1.82) is 5.26 Å². The van der Waals surface area contributed by atoms with Gasteiger partial charge in [-0.25, -0.2) is 0 Å². The van der Waals surface area contributed by atoms with Gasteiger partial charge in [0.25, 0.3) is 0 Å². The Hall–Kier alpha value is -0.990. The van der Waals surface area contributed by atoms with Gasteiger partial charge < -0.3 is 0 Å². The molecule has 0 aliphatic carbocycles. The molecule has 0 bridgehead atoms. The molecule has 1 heterocycles. The molecule has 0 aliphatic heterocycles. The molecule has 1 unspecified atom stereocenters. The molecule has 1 rings (SSSR count). The van der Waals surface area contributed by atoms with Crippen molar-refractivity contribution in [1.82, 2.24) is 5.32 Å². The first kappa shape index (κ1) is 13.1. The van der Waals surface area contributed by atoms with Crippen LogP contribution in [0.1, 0.15) is 16.7 Å². The lowest BCUT2D eigenvalue weighted by Crippen LogP contribution is -2.17. The molecule has 1 aromatic rings. The topological polar surface area (TPSA) is 48.2 Å². The normalized spacial score (nSPS) is 13.2. The van der Waals surface area contributed by atoms with Crippen molar-refractivity contribution >= 4 is 28.3 Å². The van der Waals surface area contributed by atoms with E-state index in [9.17, 15) is 0 Å². The second-order valence-corrected chi connectivity index (χ2v) is 5.61. The lowest BCUT2D eigenvalue weighted by Gasteiger charge is -2.06. The highest BCUT2D eigenvalue weighted by molar-refractivity contribution is 8.13. The molecule has 0 aromatic carbocycles. The predicted octanol–water partition coefficient (Wildman–Crippen LogP) is 2.78. The second kappa shape index (κ2) is 6.56. The summed E-state index contributed by atoms with van der Waals surface area (Å²) in [5.74, 6) is 0. The molecule has 0 amide bonds. The van der Waals surface area contributed by atoms with Crippen molar-refractivity contribution in [2.75, 3.05) is 6.26 Å². The van der Waals surface area contributed by atoms with Gasteiger partial charge in [0.2, 0.25) is 0 Å². The Morgan fingerprint density at radius 1 is 1.69 bits per heavy atom. The summed E-state index contributed by atoms with van der Waals surface area (Å²) >= 11 is 3.26. The Labute approximate surface area is 105 Å². The van der Waals surface area contributed by atoms with Gasteiger partial charge >= 0.3 is 0 Å². The highest BCUT2D eigenvalue weighted by Gasteiger charge is 2.05. The van der Waals surface area contributed by atoms with Crippen LogP contribution in [0.4, 0.5) is 0 Å². The van der Waals surface area contributed by atoms with E-state index in [1.165, 1.54) is 21.5 Å². The number of nitrogens with zero attached hydrogens (tertiary/aromatic N) is 2. The molecule has 86 valence electrons. The van der Waals surface area contributed by atoms with E-state index in [1.807, 2.05) is 12.4 Å². The summed E-state index contributed by atoms with van der Waals surface area (Å²) in [5.41, 5.74) is 0. The summed E-state index contributed by atoms with van der Waals surface area (Å²) in [4.78, 5) is 7.11. The maximum atomic E-state index is 8.52. The summed E-state index contributed by atoms with van der Waals surface area (Å²) in [7, 11) is 0. The van der Waals surface area contributed by atoms with Crippen LogP contribution in [0.3, 0.4) is 0 Å². The van der Waals surface area contributed by atoms with Gasteiger partial charge in [0.05, 0.1) is 6.04 Å². The molecule has 1 aromatic heterocycles. The third-order valence-corrected chi connectivity index (χ3v) is 3.60. The zero-order chi connectivity index (χ0) is 12.0. The smallest absolute Gasteiger partial charge is 0.183 e. The van der Waals surface area contributed by atoms with E-state index in [-0.39, 0.29) is 6.04 Å². The van der Waals surface area contributed by atoms with Gasteiger partial charge in [0.15, 0.2) is 11.4 Å². The number of nitrogens with one attached hydrogen (secondary N) is 1. The highest BCUT2D eigenvalue weighted by Crippen LogP contribution is 2.17. The van der Waals surface area contributed by atoms with Crippen LogP contribution in [0, 0.1) is 18.4 Å². The van der Waals surface area contributed by atoms with Crippen molar-refractivity contribution in [2.45, 2.75) is 26.3 Å². The van der Waals surface area contributed by atoms with Crippen LogP contribution in [-0.2, 0) is 6.42 Å². The molecule has 0 spiro atoms. The summed E-state index contributed by atoms with van der Waals surface area (Å²) in [6, 6.07) is 4.46. The molecular formula is C11H15N3S2. The molecule has 1 atom stereocenters. The second-order valence-electron chi connectivity index (χ2n) is 3.44. The molecule has 0 aliphatic rings. The van der Waals surface area contributed by atoms with E-state index in [4.69, 9.17) is 5.26 Å². The van der Waals surface area contributed by atoms with Crippen molar-refractivity contribution in [3.05, 3.63) is 21.9 Å². The number of aliphatic imine (C=N–C) groups is 1. The summed E-state index contributed by atoms with van der Waals surface area (Å²) in [6.45, 7) is 4.16. The van der Waals surface area contributed by atoms with Gasteiger partial charge in [-0.1, -0.05) is 11.8 Å². The van der Waals surface area contributed by atoms with Gasteiger partial charge in [-0.3, -0.25) is 10.3 Å². The van der Waals surface area contributed by atoms with Crippen LogP contribution in [0.25, 0.3) is 0 Å². The van der Waals surface area contributed by atoms with Crippen molar-refractivity contribution in [2.24, 2.45) is 4.99 Å². The molecule has 0 fully saturated rings. The fourth-order valence-corrected chi connectivity index (χ4v) is 2.76. The number of aryl methyl sites for hydroxylation is 1. The van der Waals surface area contributed by atoms with Crippen LogP contribution < -0.4 is 5.32 Å². The average molecular weight is 253 g/mol. The van der Waals surface area contributed by atoms with E-state index in [1.54, 1.807) is 11.3 Å². The molecule has 0 radical (unpaired) electrons. The number of hydrogen-bond acceptors (Lipinski definition) is 4. The van der Waals surface area contributed by atoms with Crippen molar-refractivity contribution in [3.8, 4) is 6.19 Å². The molecule has 16 heavy (non-hydrogen) atoms. The van der Waals surface area contributed by atoms with E-state index in [2.05, 4.69) is 36.3 Å². The van der Waals surface area contributed by atoms with Gasteiger partial charge in [-0.2, -0.15) is 5.26 Å². The number of nitriles is 1. The number of thioether (sulfide) groups is 1. The molecule has 1 N–H and O–H groups in total. The first-order chi connectivity index (χ1) is 7.65. The standard InChI is InChI=1S/C11H15N3S2/c1-8(14-11(15-3)13-7-12)6-10-5-4-9(2)16-10/h4-5,8H,6H2,1-3H3,(H,13,14). The van der Waals surface area contributed by atoms with E-state index < -0.39 is 0 Å². The Morgan fingerprint density at radius 2 is 2.44 bits per heavy atom. The monoisotopic (exact) mass is 253 g/mol. The first-order valence-corrected chi connectivity index (χ1v) is 7.02. The summed E-state index contributed by atoms with van der Waals surface area (Å²) < 4.78 is 0. The highest BCUT2D eigenvalue weighted by atomic mass is 32.2. The Morgan fingerprint density at radius 3 is 2.94 bits per heavy atom. The molecule has 0 saturated heterocycles. The van der Waals surface area contributed by atoms with Gasteiger partial charge in [-0.05, 0) is 32.2 Å². The van der Waals surface area contributed by atoms with E-state index >= 15 is 0 Å². The van der Waals surface area contributed by atoms with Crippen LogP contribution in [0.15, 0.2) is 17.1 Å². The van der Waals surface area contributed by atoms with Gasteiger partial charge in [0.1, 0.15) is 0 Å². The number of rotatable bonds is 3. The maximum absolute atomic E-state index is 8.52. The minimum absolute atomic E-state index is 0.196. The Bertz CT molecular complexity index is 404. The Balaban J connectivity index is 2.58. The first-order valence-electron chi connectivity index (χ1n) is 4.98. The lowest BCUT2D eigenvalue weighted by atomic mass is 10.2.